The highest BCUT2D eigenvalue weighted by Gasteiger charge is 2.15. The van der Waals surface area contributed by atoms with Gasteiger partial charge < -0.3 is 14.7 Å². The van der Waals surface area contributed by atoms with Gasteiger partial charge in [0.1, 0.15) is 0 Å². The van der Waals surface area contributed by atoms with E-state index in [1.54, 1.807) is 13.2 Å². The Morgan fingerprint density at radius 3 is 2.50 bits per heavy atom. The molecule has 0 radical (unpaired) electrons. The lowest BCUT2D eigenvalue weighted by Gasteiger charge is -2.29. The van der Waals surface area contributed by atoms with E-state index in [1.165, 1.54) is 11.3 Å². The molecule has 0 aliphatic carbocycles. The van der Waals surface area contributed by atoms with Crippen molar-refractivity contribution >= 4 is 5.69 Å². The third-order valence-corrected chi connectivity index (χ3v) is 3.76. The second-order valence-electron chi connectivity index (χ2n) is 5.00. The van der Waals surface area contributed by atoms with Crippen molar-refractivity contribution < 1.29 is 9.84 Å². The summed E-state index contributed by atoms with van der Waals surface area (Å²) in [5, 5.41) is 9.68. The van der Waals surface area contributed by atoms with Gasteiger partial charge in [0, 0.05) is 12.7 Å². The number of rotatable bonds is 4. The van der Waals surface area contributed by atoms with Gasteiger partial charge >= 0.3 is 0 Å². The topological polar surface area (TPSA) is 32.7 Å². The second kappa shape index (κ2) is 5.87. The molecule has 2 rings (SSSR count). The number of anilines is 1. The maximum absolute atomic E-state index is 9.68. The largest absolute Gasteiger partial charge is 0.504 e. The van der Waals surface area contributed by atoms with E-state index in [0.29, 0.717) is 5.75 Å². The van der Waals surface area contributed by atoms with Gasteiger partial charge in [-0.15, -0.1) is 0 Å². The van der Waals surface area contributed by atoms with Crippen LogP contribution < -0.4 is 9.64 Å². The monoisotopic (exact) mass is 271 g/mol. The van der Waals surface area contributed by atoms with Gasteiger partial charge in [0.05, 0.1) is 13.2 Å². The molecule has 0 aromatic heterocycles. The number of hydrogen-bond donors (Lipinski definition) is 1. The predicted molar refractivity (Wildman–Crippen MR) is 82.7 cm³/mol. The molecule has 1 unspecified atom stereocenters. The van der Waals surface area contributed by atoms with Gasteiger partial charge in [-0.3, -0.25) is 0 Å². The zero-order valence-corrected chi connectivity index (χ0v) is 12.4. The minimum atomic E-state index is 0.169. The number of ether oxygens (including phenoxy) is 1. The number of methoxy groups -OCH3 is 1. The second-order valence-corrected chi connectivity index (χ2v) is 5.00. The Kier molecular flexibility index (Phi) is 4.18. The summed E-state index contributed by atoms with van der Waals surface area (Å²) < 4.78 is 5.18. The zero-order valence-electron chi connectivity index (χ0n) is 12.4. The molecule has 0 saturated carbocycles. The molecular weight excluding hydrogens is 250 g/mol. The summed E-state index contributed by atoms with van der Waals surface area (Å²) in [6, 6.07) is 14.0. The van der Waals surface area contributed by atoms with E-state index >= 15 is 0 Å². The van der Waals surface area contributed by atoms with Crippen molar-refractivity contribution in [1.29, 1.82) is 0 Å². The Morgan fingerprint density at radius 1 is 1.15 bits per heavy atom. The van der Waals surface area contributed by atoms with Crippen LogP contribution in [-0.2, 0) is 0 Å². The highest BCUT2D eigenvalue weighted by molar-refractivity contribution is 5.54. The summed E-state index contributed by atoms with van der Waals surface area (Å²) in [5.74, 6) is 0.675. The van der Waals surface area contributed by atoms with E-state index < -0.39 is 0 Å². The maximum atomic E-state index is 9.68. The van der Waals surface area contributed by atoms with Crippen molar-refractivity contribution in [3.8, 4) is 11.5 Å². The van der Waals surface area contributed by atoms with Crippen LogP contribution in [0.25, 0.3) is 0 Å². The standard InChI is InChI=1S/C17H21NO2/c1-12-7-5-6-8-15(12)18(3)13(2)14-9-10-16(19)17(11-14)20-4/h5-11,13,19H,1-4H3. The van der Waals surface area contributed by atoms with E-state index in [0.717, 1.165) is 5.56 Å². The Morgan fingerprint density at radius 2 is 1.85 bits per heavy atom. The number of phenolic OH excluding ortho intramolecular Hbond substituents is 1. The fourth-order valence-electron chi connectivity index (χ4n) is 2.35. The molecule has 2 aromatic carbocycles. The lowest BCUT2D eigenvalue weighted by atomic mass is 10.0. The number of phenols is 1. The van der Waals surface area contributed by atoms with Crippen LogP contribution in [0.15, 0.2) is 42.5 Å². The number of aromatic hydroxyl groups is 1. The molecule has 3 heteroatoms. The number of nitrogens with zero attached hydrogens (tertiary/aromatic N) is 1. The van der Waals surface area contributed by atoms with Crippen LogP contribution in [-0.4, -0.2) is 19.3 Å². The summed E-state index contributed by atoms with van der Waals surface area (Å²) in [7, 11) is 3.64. The molecule has 0 amide bonds. The van der Waals surface area contributed by atoms with Gasteiger partial charge in [-0.1, -0.05) is 24.3 Å². The molecule has 20 heavy (non-hydrogen) atoms. The van der Waals surface area contributed by atoms with Crippen LogP contribution in [0, 0.1) is 6.92 Å². The molecule has 0 fully saturated rings. The van der Waals surface area contributed by atoms with E-state index in [1.807, 2.05) is 24.3 Å². The summed E-state index contributed by atoms with van der Waals surface area (Å²) in [5.41, 5.74) is 3.55. The molecule has 0 bridgehead atoms. The van der Waals surface area contributed by atoms with Crippen molar-refractivity contribution in [2.75, 3.05) is 19.1 Å². The van der Waals surface area contributed by atoms with Crippen LogP contribution in [0.4, 0.5) is 5.69 Å². The fraction of sp³-hybridized carbons (Fsp3) is 0.294. The van der Waals surface area contributed by atoms with Gasteiger partial charge in [-0.05, 0) is 43.2 Å². The number of para-hydroxylation sites is 1. The van der Waals surface area contributed by atoms with Crippen LogP contribution in [0.3, 0.4) is 0 Å². The molecule has 1 atom stereocenters. The van der Waals surface area contributed by atoms with Crippen molar-refractivity contribution in [2.45, 2.75) is 19.9 Å². The predicted octanol–water partition coefficient (Wildman–Crippen LogP) is 3.91. The molecule has 0 aliphatic rings. The third kappa shape index (κ3) is 2.72. The Balaban J connectivity index is 2.31. The van der Waals surface area contributed by atoms with E-state index in [9.17, 15) is 5.11 Å². The van der Waals surface area contributed by atoms with Crippen LogP contribution in [0.1, 0.15) is 24.1 Å². The normalized spacial score (nSPS) is 12.0. The van der Waals surface area contributed by atoms with Crippen molar-refractivity contribution in [3.63, 3.8) is 0 Å². The number of benzene rings is 2. The molecule has 0 aliphatic heterocycles. The first-order valence-electron chi connectivity index (χ1n) is 6.70. The average molecular weight is 271 g/mol. The lowest BCUT2D eigenvalue weighted by Crippen LogP contribution is -2.22. The summed E-state index contributed by atoms with van der Waals surface area (Å²) in [6.07, 6.45) is 0. The minimum Gasteiger partial charge on any atom is -0.504 e. The van der Waals surface area contributed by atoms with E-state index in [4.69, 9.17) is 4.74 Å². The van der Waals surface area contributed by atoms with E-state index in [-0.39, 0.29) is 11.8 Å². The third-order valence-electron chi connectivity index (χ3n) is 3.76. The first-order chi connectivity index (χ1) is 9.54. The molecule has 1 N–H and O–H groups in total. The van der Waals surface area contributed by atoms with Crippen LogP contribution in [0.2, 0.25) is 0 Å². The van der Waals surface area contributed by atoms with Gasteiger partial charge in [-0.25, -0.2) is 0 Å². The Labute approximate surface area is 120 Å². The Bertz CT molecular complexity index is 595. The average Bonchev–Trinajstić information content (AvgIpc) is 2.47. The molecule has 0 saturated heterocycles. The quantitative estimate of drug-likeness (QED) is 0.915. The molecule has 0 spiro atoms. The molecule has 0 heterocycles. The van der Waals surface area contributed by atoms with Crippen molar-refractivity contribution in [1.82, 2.24) is 0 Å². The maximum Gasteiger partial charge on any atom is 0.160 e. The molecular formula is C17H21NO2. The van der Waals surface area contributed by atoms with Gasteiger partial charge in [0.15, 0.2) is 11.5 Å². The van der Waals surface area contributed by atoms with Gasteiger partial charge in [0.2, 0.25) is 0 Å². The molecule has 2 aromatic rings. The first-order valence-corrected chi connectivity index (χ1v) is 6.70. The smallest absolute Gasteiger partial charge is 0.160 e. The number of hydrogen-bond acceptors (Lipinski definition) is 3. The molecule has 3 nitrogen and oxygen atoms in total. The highest BCUT2D eigenvalue weighted by atomic mass is 16.5. The van der Waals surface area contributed by atoms with Gasteiger partial charge in [-0.2, -0.15) is 0 Å². The SMILES string of the molecule is COc1cc(C(C)N(C)c2ccccc2C)ccc1O. The van der Waals surface area contributed by atoms with Crippen molar-refractivity contribution in [2.24, 2.45) is 0 Å². The number of aryl methyl sites for hydroxylation is 1. The lowest BCUT2D eigenvalue weighted by molar-refractivity contribution is 0.372. The van der Waals surface area contributed by atoms with Crippen molar-refractivity contribution in [3.05, 3.63) is 53.6 Å². The molecule has 106 valence electrons. The highest BCUT2D eigenvalue weighted by Crippen LogP contribution is 2.33. The van der Waals surface area contributed by atoms with Crippen LogP contribution in [0.5, 0.6) is 11.5 Å². The van der Waals surface area contributed by atoms with Gasteiger partial charge in [0.25, 0.3) is 0 Å². The summed E-state index contributed by atoms with van der Waals surface area (Å²) >= 11 is 0. The Hall–Kier alpha value is -2.16. The minimum absolute atomic E-state index is 0.169. The summed E-state index contributed by atoms with van der Waals surface area (Å²) in [6.45, 7) is 4.24. The first kappa shape index (κ1) is 14.3. The zero-order chi connectivity index (χ0) is 14.7. The summed E-state index contributed by atoms with van der Waals surface area (Å²) in [4.78, 5) is 2.22. The van der Waals surface area contributed by atoms with Crippen LogP contribution >= 0.6 is 0 Å². The fourth-order valence-corrected chi connectivity index (χ4v) is 2.35. The van der Waals surface area contributed by atoms with E-state index in [2.05, 4.69) is 37.9 Å².